The maximum Gasteiger partial charge on any atom is 0.138 e. The number of piperazine rings is 1. The summed E-state index contributed by atoms with van der Waals surface area (Å²) in [6, 6.07) is 16.8. The second-order valence-electron chi connectivity index (χ2n) is 7.13. The van der Waals surface area contributed by atoms with Crippen LogP contribution < -0.4 is 9.08 Å². The Morgan fingerprint density at radius 1 is 0.958 bits per heavy atom. The molecule has 1 fully saturated rings. The van der Waals surface area contributed by atoms with E-state index in [4.69, 9.17) is 4.18 Å². The quantitative estimate of drug-likeness (QED) is 0.754. The van der Waals surface area contributed by atoms with Gasteiger partial charge in [-0.3, -0.25) is 4.90 Å². The molecule has 0 N–H and O–H groups in total. The van der Waals surface area contributed by atoms with E-state index in [1.807, 2.05) is 0 Å². The summed E-state index contributed by atoms with van der Waals surface area (Å²) in [5.41, 5.74) is 2.73. The number of rotatable bonds is 4. The molecule has 2 aromatic rings. The second kappa shape index (κ2) is 7.08. The van der Waals surface area contributed by atoms with E-state index >= 15 is 0 Å². The first-order valence-electron chi connectivity index (χ1n) is 8.41. The molecule has 0 bridgehead atoms. The maximum atomic E-state index is 5.82. The van der Waals surface area contributed by atoms with Crippen LogP contribution in [0, 0.1) is 6.92 Å². The summed E-state index contributed by atoms with van der Waals surface area (Å²) < 4.78 is 5.82. The van der Waals surface area contributed by atoms with Crippen LogP contribution in [0.15, 0.2) is 53.4 Å². The van der Waals surface area contributed by atoms with E-state index in [1.54, 1.807) is 0 Å². The first-order chi connectivity index (χ1) is 11.4. The lowest BCUT2D eigenvalue weighted by Gasteiger charge is -2.46. The monoisotopic (exact) mass is 342 g/mol. The second-order valence-corrected chi connectivity index (χ2v) is 7.93. The molecular weight excluding hydrogens is 316 g/mol. The van der Waals surface area contributed by atoms with Crippen molar-refractivity contribution < 1.29 is 4.18 Å². The summed E-state index contributed by atoms with van der Waals surface area (Å²) in [5.74, 6) is 0.887. The molecule has 24 heavy (non-hydrogen) atoms. The van der Waals surface area contributed by atoms with Crippen LogP contribution in [0.3, 0.4) is 0 Å². The van der Waals surface area contributed by atoms with Gasteiger partial charge in [0.1, 0.15) is 5.75 Å². The molecule has 1 heterocycles. The molecule has 4 heteroatoms. The minimum Gasteiger partial charge on any atom is -0.421 e. The number of hydrogen-bond acceptors (Lipinski definition) is 4. The predicted molar refractivity (Wildman–Crippen MR) is 103 cm³/mol. The van der Waals surface area contributed by atoms with Crippen molar-refractivity contribution >= 4 is 17.7 Å². The molecule has 1 aliphatic heterocycles. The highest BCUT2D eigenvalue weighted by Gasteiger charge is 2.30. The van der Waals surface area contributed by atoms with E-state index in [-0.39, 0.29) is 5.54 Å². The highest BCUT2D eigenvalue weighted by molar-refractivity contribution is 7.95. The van der Waals surface area contributed by atoms with Crippen LogP contribution in [0.4, 0.5) is 5.69 Å². The molecule has 2 aromatic carbocycles. The largest absolute Gasteiger partial charge is 0.421 e. The molecule has 0 radical (unpaired) electrons. The van der Waals surface area contributed by atoms with Gasteiger partial charge >= 0.3 is 0 Å². The average molecular weight is 343 g/mol. The lowest BCUT2D eigenvalue weighted by Crippen LogP contribution is -2.57. The van der Waals surface area contributed by atoms with Crippen molar-refractivity contribution in [2.45, 2.75) is 31.2 Å². The third-order valence-corrected chi connectivity index (χ3v) is 5.51. The maximum absolute atomic E-state index is 5.82. The molecule has 128 valence electrons. The Labute approximate surface area is 149 Å². The first-order valence-corrected chi connectivity index (χ1v) is 9.16. The van der Waals surface area contributed by atoms with Gasteiger partial charge in [0.25, 0.3) is 0 Å². The third kappa shape index (κ3) is 4.05. The molecule has 3 nitrogen and oxygen atoms in total. The van der Waals surface area contributed by atoms with Crippen molar-refractivity contribution in [1.82, 2.24) is 4.90 Å². The van der Waals surface area contributed by atoms with Crippen molar-refractivity contribution in [2.75, 3.05) is 31.6 Å². The molecule has 0 aliphatic carbocycles. The van der Waals surface area contributed by atoms with Gasteiger partial charge in [0.2, 0.25) is 0 Å². The zero-order chi connectivity index (χ0) is 17.2. The number of benzene rings is 2. The van der Waals surface area contributed by atoms with Gasteiger partial charge in [-0.2, -0.15) is 0 Å². The normalized spacial score (nSPS) is 17.8. The van der Waals surface area contributed by atoms with E-state index in [0.29, 0.717) is 0 Å². The minimum absolute atomic E-state index is 0.203. The topological polar surface area (TPSA) is 15.7 Å². The van der Waals surface area contributed by atoms with Crippen molar-refractivity contribution in [3.8, 4) is 5.75 Å². The average Bonchev–Trinajstić information content (AvgIpc) is 2.57. The Hall–Kier alpha value is -1.65. The van der Waals surface area contributed by atoms with E-state index in [0.717, 1.165) is 30.3 Å². The van der Waals surface area contributed by atoms with Crippen molar-refractivity contribution in [3.63, 3.8) is 0 Å². The van der Waals surface area contributed by atoms with Crippen LogP contribution in [0.5, 0.6) is 5.75 Å². The molecule has 0 atom stereocenters. The fourth-order valence-electron chi connectivity index (χ4n) is 2.86. The molecular formula is C20H26N2OS. The Kier molecular flexibility index (Phi) is 5.07. The summed E-state index contributed by atoms with van der Waals surface area (Å²) >= 11 is 1.40. The van der Waals surface area contributed by atoms with Crippen molar-refractivity contribution in [2.24, 2.45) is 0 Å². The third-order valence-electron chi connectivity index (χ3n) is 4.77. The smallest absolute Gasteiger partial charge is 0.138 e. The van der Waals surface area contributed by atoms with E-state index in [1.165, 1.54) is 23.3 Å². The first kappa shape index (κ1) is 17.2. The van der Waals surface area contributed by atoms with E-state index in [9.17, 15) is 0 Å². The number of aryl methyl sites for hydroxylation is 1. The van der Waals surface area contributed by atoms with Gasteiger partial charge < -0.3 is 9.08 Å². The van der Waals surface area contributed by atoms with Crippen LogP contribution in [0.1, 0.15) is 19.4 Å². The van der Waals surface area contributed by atoms with Gasteiger partial charge in [-0.05, 0) is 64.2 Å². The summed E-state index contributed by atoms with van der Waals surface area (Å²) in [7, 11) is 2.20. The summed E-state index contributed by atoms with van der Waals surface area (Å²) in [4.78, 5) is 6.00. The zero-order valence-electron chi connectivity index (χ0n) is 15.0. The van der Waals surface area contributed by atoms with Crippen molar-refractivity contribution in [3.05, 3.63) is 54.1 Å². The van der Waals surface area contributed by atoms with E-state index < -0.39 is 0 Å². The fraction of sp³-hybridized carbons (Fsp3) is 0.400. The van der Waals surface area contributed by atoms with E-state index in [2.05, 4.69) is 86.1 Å². The fourth-order valence-corrected chi connectivity index (χ4v) is 3.41. The molecule has 0 spiro atoms. The number of anilines is 1. The van der Waals surface area contributed by atoms with Gasteiger partial charge in [0, 0.05) is 35.8 Å². The standard InChI is InChI=1S/C20H26N2OS/c1-16-5-11-19(12-6-16)24-23-18-9-7-17(8-10-18)22-14-13-21(4)20(2,3)15-22/h5-12H,13-15H2,1-4H3. The van der Waals surface area contributed by atoms with Crippen LogP contribution in [0.2, 0.25) is 0 Å². The van der Waals surface area contributed by atoms with Crippen molar-refractivity contribution in [1.29, 1.82) is 0 Å². The predicted octanol–water partition coefficient (Wildman–Crippen LogP) is 4.61. The van der Waals surface area contributed by atoms with Crippen LogP contribution in [0.25, 0.3) is 0 Å². The SMILES string of the molecule is Cc1ccc(SOc2ccc(N3CCN(C)C(C)(C)C3)cc2)cc1. The van der Waals surface area contributed by atoms with Crippen LogP contribution in [-0.2, 0) is 0 Å². The Balaban J connectivity index is 1.60. The lowest BCUT2D eigenvalue weighted by molar-refractivity contribution is 0.139. The molecule has 3 rings (SSSR count). The summed E-state index contributed by atoms with van der Waals surface area (Å²) in [6.45, 7) is 9.89. The molecule has 1 saturated heterocycles. The van der Waals surface area contributed by atoms with Crippen LogP contribution in [-0.4, -0.2) is 37.1 Å². The molecule has 0 unspecified atom stereocenters. The van der Waals surface area contributed by atoms with Gasteiger partial charge in [-0.15, -0.1) is 0 Å². The number of likely N-dealkylation sites (N-methyl/N-ethyl adjacent to an activating group) is 1. The molecule has 1 aliphatic rings. The lowest BCUT2D eigenvalue weighted by atomic mass is 9.99. The molecule has 0 amide bonds. The number of nitrogens with zero attached hydrogens (tertiary/aromatic N) is 2. The van der Waals surface area contributed by atoms with Gasteiger partial charge in [-0.25, -0.2) is 0 Å². The zero-order valence-corrected chi connectivity index (χ0v) is 15.8. The number of hydrogen-bond donors (Lipinski definition) is 0. The highest BCUT2D eigenvalue weighted by atomic mass is 32.2. The molecule has 0 saturated carbocycles. The molecule has 0 aromatic heterocycles. The Morgan fingerprint density at radius 2 is 1.62 bits per heavy atom. The Morgan fingerprint density at radius 3 is 2.25 bits per heavy atom. The van der Waals surface area contributed by atoms with Gasteiger partial charge in [-0.1, -0.05) is 17.7 Å². The summed E-state index contributed by atoms with van der Waals surface area (Å²) in [5, 5.41) is 0. The van der Waals surface area contributed by atoms with Gasteiger partial charge in [0.15, 0.2) is 0 Å². The van der Waals surface area contributed by atoms with Crippen LogP contribution >= 0.6 is 12.0 Å². The summed E-state index contributed by atoms with van der Waals surface area (Å²) in [6.07, 6.45) is 0. The minimum atomic E-state index is 0.203. The highest BCUT2D eigenvalue weighted by Crippen LogP contribution is 2.28. The Bertz CT molecular complexity index is 667. The van der Waals surface area contributed by atoms with Gasteiger partial charge in [0.05, 0.1) is 12.0 Å².